The maximum absolute atomic E-state index is 13.9. The molecule has 174 valence electrons. The molecule has 1 aromatic carbocycles. The normalized spacial score (nSPS) is 22.1. The van der Waals surface area contributed by atoms with Crippen LogP contribution in [0.15, 0.2) is 41.8 Å². The molecule has 0 bridgehead atoms. The predicted molar refractivity (Wildman–Crippen MR) is 129 cm³/mol. The highest BCUT2D eigenvalue weighted by Gasteiger charge is 2.48. The van der Waals surface area contributed by atoms with Crippen LogP contribution < -0.4 is 5.32 Å². The molecule has 3 aromatic rings. The van der Waals surface area contributed by atoms with E-state index in [1.807, 2.05) is 29.0 Å². The van der Waals surface area contributed by atoms with Crippen LogP contribution >= 0.6 is 11.3 Å². The van der Waals surface area contributed by atoms with Gasteiger partial charge in [0.25, 0.3) is 5.91 Å². The molecule has 0 spiro atoms. The van der Waals surface area contributed by atoms with Gasteiger partial charge in [-0.05, 0) is 55.0 Å². The standard InChI is InChI=1S/C26H30FN3O2S/c1-26(25(32)28-20-10-5-3-2-4-6-11-20)17-29-21-12-13-33-23(21)15-22(29)24(31)30(26)16-18-8-7-9-19(27)14-18/h7-9,12-15,20H,2-6,10-11,16-17H2,1H3,(H,28,32)/t26-/m1/s1. The zero-order valence-corrected chi connectivity index (χ0v) is 19.8. The van der Waals surface area contributed by atoms with Crippen molar-refractivity contribution < 1.29 is 14.0 Å². The molecule has 1 fully saturated rings. The van der Waals surface area contributed by atoms with E-state index >= 15 is 0 Å². The first kappa shape index (κ1) is 22.1. The van der Waals surface area contributed by atoms with Crippen molar-refractivity contribution in [1.29, 1.82) is 0 Å². The van der Waals surface area contributed by atoms with E-state index in [0.717, 1.165) is 35.9 Å². The van der Waals surface area contributed by atoms with Crippen molar-refractivity contribution >= 4 is 33.4 Å². The van der Waals surface area contributed by atoms with Crippen LogP contribution in [0.25, 0.3) is 10.2 Å². The fraction of sp³-hybridized carbons (Fsp3) is 0.462. The van der Waals surface area contributed by atoms with E-state index in [-0.39, 0.29) is 30.2 Å². The lowest BCUT2D eigenvalue weighted by molar-refractivity contribution is -0.134. The fourth-order valence-electron chi connectivity index (χ4n) is 5.28. The third-order valence-electron chi connectivity index (χ3n) is 7.21. The van der Waals surface area contributed by atoms with Gasteiger partial charge in [-0.1, -0.05) is 44.2 Å². The van der Waals surface area contributed by atoms with Crippen molar-refractivity contribution in [3.8, 4) is 0 Å². The molecule has 0 radical (unpaired) electrons. The summed E-state index contributed by atoms with van der Waals surface area (Å²) in [6.07, 6.45) is 7.86. The number of rotatable bonds is 4. The number of aromatic nitrogens is 1. The van der Waals surface area contributed by atoms with Crippen LogP contribution in [-0.2, 0) is 17.9 Å². The number of carbonyl (C=O) groups excluding carboxylic acids is 2. The Morgan fingerprint density at radius 3 is 2.67 bits per heavy atom. The minimum Gasteiger partial charge on any atom is -0.351 e. The van der Waals surface area contributed by atoms with Crippen molar-refractivity contribution in [3.05, 3.63) is 58.9 Å². The molecule has 5 nitrogen and oxygen atoms in total. The van der Waals surface area contributed by atoms with Crippen molar-refractivity contribution in [1.82, 2.24) is 14.8 Å². The number of nitrogens with one attached hydrogen (secondary N) is 1. The smallest absolute Gasteiger partial charge is 0.271 e. The Hall–Kier alpha value is -2.67. The lowest BCUT2D eigenvalue weighted by Gasteiger charge is -2.44. The molecule has 1 aliphatic carbocycles. The van der Waals surface area contributed by atoms with Crippen LogP contribution in [0, 0.1) is 5.82 Å². The maximum atomic E-state index is 13.9. The Bertz CT molecular complexity index is 1180. The summed E-state index contributed by atoms with van der Waals surface area (Å²) >= 11 is 1.59. The summed E-state index contributed by atoms with van der Waals surface area (Å²) in [5, 5.41) is 5.30. The summed E-state index contributed by atoms with van der Waals surface area (Å²) < 4.78 is 16.9. The Morgan fingerprint density at radius 2 is 1.91 bits per heavy atom. The van der Waals surface area contributed by atoms with Crippen molar-refractivity contribution in [2.75, 3.05) is 0 Å². The molecule has 7 heteroatoms. The highest BCUT2D eigenvalue weighted by Crippen LogP contribution is 2.35. The number of benzene rings is 1. The van der Waals surface area contributed by atoms with Crippen LogP contribution in [-0.4, -0.2) is 32.9 Å². The Balaban J connectivity index is 1.50. The van der Waals surface area contributed by atoms with Gasteiger partial charge >= 0.3 is 0 Å². The minimum absolute atomic E-state index is 0.124. The van der Waals surface area contributed by atoms with Gasteiger partial charge in [0.05, 0.1) is 16.8 Å². The van der Waals surface area contributed by atoms with Crippen LogP contribution in [0.2, 0.25) is 0 Å². The summed E-state index contributed by atoms with van der Waals surface area (Å²) in [5.74, 6) is -0.661. The topological polar surface area (TPSA) is 54.3 Å². The average molecular weight is 468 g/mol. The van der Waals surface area contributed by atoms with E-state index in [2.05, 4.69) is 5.32 Å². The van der Waals surface area contributed by atoms with E-state index in [1.165, 1.54) is 31.4 Å². The van der Waals surface area contributed by atoms with E-state index in [9.17, 15) is 14.0 Å². The van der Waals surface area contributed by atoms with Gasteiger partial charge in [0.2, 0.25) is 5.91 Å². The van der Waals surface area contributed by atoms with E-state index < -0.39 is 5.54 Å². The van der Waals surface area contributed by atoms with Crippen molar-refractivity contribution in [3.63, 3.8) is 0 Å². The number of carbonyl (C=O) groups is 2. The number of amides is 2. The second kappa shape index (κ2) is 8.93. The van der Waals surface area contributed by atoms with Gasteiger partial charge in [0.15, 0.2) is 0 Å². The maximum Gasteiger partial charge on any atom is 0.271 e. The van der Waals surface area contributed by atoms with Gasteiger partial charge in [0.1, 0.15) is 17.1 Å². The second-order valence-corrected chi connectivity index (χ2v) is 10.5. The average Bonchev–Trinajstić information content (AvgIpc) is 3.35. The molecule has 3 heterocycles. The van der Waals surface area contributed by atoms with Gasteiger partial charge in [-0.15, -0.1) is 11.3 Å². The first-order chi connectivity index (χ1) is 16.0. The van der Waals surface area contributed by atoms with Crippen LogP contribution in [0.4, 0.5) is 4.39 Å². The number of fused-ring (bicyclic) bond motifs is 3. The quantitative estimate of drug-likeness (QED) is 0.552. The molecule has 1 aliphatic heterocycles. The molecule has 1 saturated carbocycles. The second-order valence-electron chi connectivity index (χ2n) is 9.60. The minimum atomic E-state index is -1.08. The molecule has 0 saturated heterocycles. The number of hydrogen-bond acceptors (Lipinski definition) is 3. The molecule has 1 atom stereocenters. The molecule has 5 rings (SSSR count). The third-order valence-corrected chi connectivity index (χ3v) is 8.06. The molecule has 2 aliphatic rings. The van der Waals surface area contributed by atoms with Crippen molar-refractivity contribution in [2.24, 2.45) is 0 Å². The summed E-state index contributed by atoms with van der Waals surface area (Å²) in [7, 11) is 0. The van der Waals surface area contributed by atoms with Crippen LogP contribution in [0.3, 0.4) is 0 Å². The predicted octanol–water partition coefficient (Wildman–Crippen LogP) is 5.49. The zero-order chi connectivity index (χ0) is 23.0. The molecule has 0 unspecified atom stereocenters. The molecular formula is C26H30FN3O2S. The number of halogens is 1. The number of nitrogens with zero attached hydrogens (tertiary/aromatic N) is 2. The highest BCUT2D eigenvalue weighted by atomic mass is 32.1. The van der Waals surface area contributed by atoms with Crippen molar-refractivity contribution in [2.45, 2.75) is 76.5 Å². The monoisotopic (exact) mass is 467 g/mol. The molecule has 2 amide bonds. The SMILES string of the molecule is C[C@]1(C(=O)NC2CCCCCCC2)Cn2c(cc3sccc32)C(=O)N1Cc1cccc(F)c1. The van der Waals surface area contributed by atoms with E-state index in [0.29, 0.717) is 17.8 Å². The fourth-order valence-corrected chi connectivity index (χ4v) is 6.10. The lowest BCUT2D eigenvalue weighted by Crippen LogP contribution is -2.64. The highest BCUT2D eigenvalue weighted by molar-refractivity contribution is 7.17. The van der Waals surface area contributed by atoms with E-state index in [1.54, 1.807) is 28.4 Å². The number of hydrogen-bond donors (Lipinski definition) is 1. The third kappa shape index (κ3) is 4.19. The first-order valence-electron chi connectivity index (χ1n) is 11.9. The first-order valence-corrected chi connectivity index (χ1v) is 12.8. The summed E-state index contributed by atoms with van der Waals surface area (Å²) in [6, 6.07) is 10.3. The zero-order valence-electron chi connectivity index (χ0n) is 19.0. The van der Waals surface area contributed by atoms with Gasteiger partial charge in [-0.3, -0.25) is 9.59 Å². The summed E-state index contributed by atoms with van der Waals surface area (Å²) in [6.45, 7) is 2.41. The van der Waals surface area contributed by atoms with Gasteiger partial charge in [-0.2, -0.15) is 0 Å². The summed E-state index contributed by atoms with van der Waals surface area (Å²) in [5.41, 5.74) is 1.17. The largest absolute Gasteiger partial charge is 0.351 e. The molecular weight excluding hydrogens is 437 g/mol. The summed E-state index contributed by atoms with van der Waals surface area (Å²) in [4.78, 5) is 29.2. The molecule has 2 aromatic heterocycles. The Morgan fingerprint density at radius 1 is 1.15 bits per heavy atom. The Kier molecular flexibility index (Phi) is 5.99. The number of thiophene rings is 1. The van der Waals surface area contributed by atoms with Gasteiger partial charge < -0.3 is 14.8 Å². The van der Waals surface area contributed by atoms with Crippen LogP contribution in [0.5, 0.6) is 0 Å². The molecule has 1 N–H and O–H groups in total. The lowest BCUT2D eigenvalue weighted by atomic mass is 9.91. The van der Waals surface area contributed by atoms with Gasteiger partial charge in [-0.25, -0.2) is 4.39 Å². The van der Waals surface area contributed by atoms with Crippen LogP contribution in [0.1, 0.15) is 67.9 Å². The Labute approximate surface area is 197 Å². The molecule has 33 heavy (non-hydrogen) atoms. The van der Waals surface area contributed by atoms with Gasteiger partial charge in [0, 0.05) is 12.6 Å². The van der Waals surface area contributed by atoms with E-state index in [4.69, 9.17) is 0 Å².